The van der Waals surface area contributed by atoms with Gasteiger partial charge in [-0.05, 0) is 26.0 Å². The molecule has 0 spiro atoms. The average Bonchev–Trinajstić information content (AvgIpc) is 2.75. The third kappa shape index (κ3) is 3.30. The number of nitro groups is 1. The lowest BCUT2D eigenvalue weighted by Crippen LogP contribution is -2.08. The van der Waals surface area contributed by atoms with Crippen molar-refractivity contribution in [1.82, 2.24) is 4.98 Å². The highest BCUT2D eigenvalue weighted by atomic mass is 79.9. The van der Waals surface area contributed by atoms with Gasteiger partial charge in [0.1, 0.15) is 10.7 Å². The lowest BCUT2D eigenvalue weighted by atomic mass is 10.2. The first kappa shape index (κ1) is 14.0. The molecule has 0 aliphatic rings. The van der Waals surface area contributed by atoms with Gasteiger partial charge in [-0.3, -0.25) is 10.1 Å². The molecule has 1 heterocycles. The molecule has 2 rings (SSSR count). The molecular formula is C12H12BrN3O2S. The minimum absolute atomic E-state index is 0.0586. The molecule has 0 aliphatic heterocycles. The quantitative estimate of drug-likeness (QED) is 0.665. The Bertz CT molecular complexity index is 615. The second kappa shape index (κ2) is 5.66. The maximum atomic E-state index is 11.0. The molecule has 1 atom stereocenters. The molecule has 0 bridgehead atoms. The second-order valence-electron chi connectivity index (χ2n) is 4.11. The van der Waals surface area contributed by atoms with Gasteiger partial charge >= 0.3 is 0 Å². The van der Waals surface area contributed by atoms with Gasteiger partial charge in [0, 0.05) is 21.6 Å². The Morgan fingerprint density at radius 1 is 1.53 bits per heavy atom. The van der Waals surface area contributed by atoms with Crippen molar-refractivity contribution in [1.29, 1.82) is 0 Å². The third-order valence-electron chi connectivity index (χ3n) is 2.53. The molecule has 0 saturated heterocycles. The van der Waals surface area contributed by atoms with E-state index in [4.69, 9.17) is 0 Å². The van der Waals surface area contributed by atoms with E-state index in [0.717, 1.165) is 15.2 Å². The van der Waals surface area contributed by atoms with Crippen molar-refractivity contribution in [3.63, 3.8) is 0 Å². The van der Waals surface area contributed by atoms with E-state index in [-0.39, 0.29) is 11.7 Å². The van der Waals surface area contributed by atoms with E-state index in [1.165, 1.54) is 6.07 Å². The van der Waals surface area contributed by atoms with Gasteiger partial charge in [-0.25, -0.2) is 4.98 Å². The minimum atomic E-state index is -0.394. The first-order chi connectivity index (χ1) is 8.97. The normalized spacial score (nSPS) is 12.2. The van der Waals surface area contributed by atoms with Crippen molar-refractivity contribution >= 4 is 38.6 Å². The van der Waals surface area contributed by atoms with Gasteiger partial charge in [-0.1, -0.05) is 15.9 Å². The Kier molecular flexibility index (Phi) is 4.16. The molecule has 0 radical (unpaired) electrons. The fourth-order valence-electron chi connectivity index (χ4n) is 1.65. The molecule has 19 heavy (non-hydrogen) atoms. The monoisotopic (exact) mass is 341 g/mol. The molecule has 1 unspecified atom stereocenters. The number of nitrogens with zero attached hydrogens (tertiary/aromatic N) is 2. The van der Waals surface area contributed by atoms with Crippen molar-refractivity contribution in [2.75, 3.05) is 5.32 Å². The number of aryl methyl sites for hydroxylation is 1. The van der Waals surface area contributed by atoms with Gasteiger partial charge < -0.3 is 5.32 Å². The fraction of sp³-hybridized carbons (Fsp3) is 0.250. The summed E-state index contributed by atoms with van der Waals surface area (Å²) in [6.07, 6.45) is 0. The number of hydrogen-bond acceptors (Lipinski definition) is 5. The van der Waals surface area contributed by atoms with Crippen LogP contribution in [0.4, 0.5) is 11.4 Å². The number of benzene rings is 1. The Morgan fingerprint density at radius 3 is 2.84 bits per heavy atom. The van der Waals surface area contributed by atoms with Crippen LogP contribution in [0.5, 0.6) is 0 Å². The molecular weight excluding hydrogens is 330 g/mol. The van der Waals surface area contributed by atoms with E-state index in [9.17, 15) is 10.1 Å². The van der Waals surface area contributed by atoms with Crippen molar-refractivity contribution in [3.8, 4) is 0 Å². The number of thiazole rings is 1. The van der Waals surface area contributed by atoms with Gasteiger partial charge in [0.2, 0.25) is 0 Å². The van der Waals surface area contributed by atoms with Crippen LogP contribution >= 0.6 is 27.3 Å². The third-order valence-corrected chi connectivity index (χ3v) is 4.17. The number of aromatic nitrogens is 1. The summed E-state index contributed by atoms with van der Waals surface area (Å²) in [5.74, 6) is 0. The van der Waals surface area contributed by atoms with Crippen LogP contribution in [0.1, 0.15) is 23.7 Å². The Morgan fingerprint density at radius 2 is 2.26 bits per heavy atom. The lowest BCUT2D eigenvalue weighted by molar-refractivity contribution is -0.384. The molecule has 0 amide bonds. The number of anilines is 1. The summed E-state index contributed by atoms with van der Waals surface area (Å²) in [6, 6.07) is 4.76. The van der Waals surface area contributed by atoms with Crippen LogP contribution in [0.15, 0.2) is 28.1 Å². The van der Waals surface area contributed by atoms with E-state index in [2.05, 4.69) is 26.2 Å². The fourth-order valence-corrected chi connectivity index (χ4v) is 2.81. The first-order valence-electron chi connectivity index (χ1n) is 5.60. The Labute approximate surface area is 123 Å². The van der Waals surface area contributed by atoms with Crippen LogP contribution in [0.2, 0.25) is 0 Å². The largest absolute Gasteiger partial charge is 0.370 e. The number of halogens is 1. The van der Waals surface area contributed by atoms with Crippen LogP contribution in [-0.2, 0) is 0 Å². The summed E-state index contributed by atoms with van der Waals surface area (Å²) < 4.78 is 0.795. The Balaban J connectivity index is 2.27. The van der Waals surface area contributed by atoms with Crippen LogP contribution in [-0.4, -0.2) is 9.91 Å². The predicted molar refractivity (Wildman–Crippen MR) is 79.7 cm³/mol. The number of nitro benzene ring substituents is 1. The Hall–Kier alpha value is -1.47. The van der Waals surface area contributed by atoms with Gasteiger partial charge in [0.25, 0.3) is 5.69 Å². The summed E-state index contributed by atoms with van der Waals surface area (Å²) in [5, 5.41) is 17.0. The smallest absolute Gasteiger partial charge is 0.292 e. The van der Waals surface area contributed by atoms with Crippen molar-refractivity contribution < 1.29 is 4.92 Å². The highest BCUT2D eigenvalue weighted by molar-refractivity contribution is 9.10. The van der Waals surface area contributed by atoms with E-state index in [0.29, 0.717) is 5.69 Å². The minimum Gasteiger partial charge on any atom is -0.370 e. The van der Waals surface area contributed by atoms with Crippen molar-refractivity contribution in [3.05, 3.63) is 48.9 Å². The lowest BCUT2D eigenvalue weighted by Gasteiger charge is -2.13. The average molecular weight is 342 g/mol. The molecule has 5 nitrogen and oxygen atoms in total. The summed E-state index contributed by atoms with van der Waals surface area (Å²) in [4.78, 5) is 15.0. The van der Waals surface area contributed by atoms with Crippen molar-refractivity contribution in [2.45, 2.75) is 19.9 Å². The predicted octanol–water partition coefficient (Wildman–Crippen LogP) is 4.30. The highest BCUT2D eigenvalue weighted by Gasteiger charge is 2.17. The topological polar surface area (TPSA) is 68.1 Å². The molecule has 100 valence electrons. The highest BCUT2D eigenvalue weighted by Crippen LogP contribution is 2.31. The molecule has 1 aromatic heterocycles. The molecule has 0 fully saturated rings. The maximum Gasteiger partial charge on any atom is 0.292 e. The number of nitrogens with one attached hydrogen (secondary N) is 1. The first-order valence-corrected chi connectivity index (χ1v) is 7.27. The SMILES string of the molecule is Cc1csc(C(C)Nc2cc(Br)ccc2[N+](=O)[O-])n1. The second-order valence-corrected chi connectivity index (χ2v) is 5.92. The van der Waals surface area contributed by atoms with Crippen LogP contribution in [0.25, 0.3) is 0 Å². The molecule has 0 saturated carbocycles. The summed E-state index contributed by atoms with van der Waals surface area (Å²) in [6.45, 7) is 3.86. The molecule has 7 heteroatoms. The van der Waals surface area contributed by atoms with E-state index in [1.807, 2.05) is 19.2 Å². The molecule has 0 aliphatic carbocycles. The zero-order valence-corrected chi connectivity index (χ0v) is 12.8. The van der Waals surface area contributed by atoms with Crippen LogP contribution in [0, 0.1) is 17.0 Å². The van der Waals surface area contributed by atoms with E-state index >= 15 is 0 Å². The van der Waals surface area contributed by atoms with E-state index in [1.54, 1.807) is 23.5 Å². The van der Waals surface area contributed by atoms with Gasteiger partial charge in [0.15, 0.2) is 0 Å². The van der Waals surface area contributed by atoms with Crippen LogP contribution in [0.3, 0.4) is 0 Å². The van der Waals surface area contributed by atoms with Gasteiger partial charge in [-0.2, -0.15) is 0 Å². The molecule has 1 aromatic carbocycles. The van der Waals surface area contributed by atoms with Crippen molar-refractivity contribution in [2.24, 2.45) is 0 Å². The summed E-state index contributed by atoms with van der Waals surface area (Å²) >= 11 is 4.86. The number of rotatable bonds is 4. The summed E-state index contributed by atoms with van der Waals surface area (Å²) in [7, 11) is 0. The standard InChI is InChI=1S/C12H12BrN3O2S/c1-7-6-19-12(14-7)8(2)15-10-5-9(13)3-4-11(10)16(17)18/h3-6,8,15H,1-2H3. The molecule has 1 N–H and O–H groups in total. The zero-order valence-electron chi connectivity index (χ0n) is 10.4. The van der Waals surface area contributed by atoms with E-state index < -0.39 is 4.92 Å². The summed E-state index contributed by atoms with van der Waals surface area (Å²) in [5.41, 5.74) is 1.50. The van der Waals surface area contributed by atoms with Gasteiger partial charge in [-0.15, -0.1) is 11.3 Å². The maximum absolute atomic E-state index is 11.0. The molecule has 2 aromatic rings. The van der Waals surface area contributed by atoms with Gasteiger partial charge in [0.05, 0.1) is 11.0 Å². The number of hydrogen-bond donors (Lipinski definition) is 1. The van der Waals surface area contributed by atoms with Crippen LogP contribution < -0.4 is 5.32 Å². The zero-order chi connectivity index (χ0) is 14.0.